The highest BCUT2D eigenvalue weighted by Crippen LogP contribution is 2.10. The smallest absolute Gasteiger partial charge is 0.326 e. The van der Waals surface area contributed by atoms with Crippen LogP contribution in [0, 0.1) is 0 Å². The predicted octanol–water partition coefficient (Wildman–Crippen LogP) is 0.414. The van der Waals surface area contributed by atoms with E-state index in [9.17, 15) is 4.79 Å². The van der Waals surface area contributed by atoms with E-state index in [0.717, 1.165) is 6.42 Å². The second kappa shape index (κ2) is 8.84. The third-order valence-electron chi connectivity index (χ3n) is 3.58. The minimum absolute atomic E-state index is 0. The van der Waals surface area contributed by atoms with E-state index in [1.807, 2.05) is 55.5 Å². The molecular weight excluding hydrogens is 340 g/mol. The molecule has 1 aromatic heterocycles. The molecule has 1 unspecified atom stereocenters. The van der Waals surface area contributed by atoms with Gasteiger partial charge in [0.2, 0.25) is 5.27 Å². The molecule has 3 aromatic rings. The SMILES string of the molecule is CC(Cc1ccccc1)[n+]1cc(NC(=O)Nc2ccccc2)on1.[Cl-]. The number of aromatic nitrogens is 2. The van der Waals surface area contributed by atoms with E-state index >= 15 is 0 Å². The third kappa shape index (κ3) is 5.32. The maximum atomic E-state index is 11.9. The van der Waals surface area contributed by atoms with Crippen molar-refractivity contribution in [1.29, 1.82) is 0 Å². The predicted molar refractivity (Wildman–Crippen MR) is 90.6 cm³/mol. The zero-order valence-corrected chi connectivity index (χ0v) is 14.5. The molecule has 0 saturated carbocycles. The molecule has 2 amide bonds. The number of carbonyl (C=O) groups is 1. The lowest BCUT2D eigenvalue weighted by molar-refractivity contribution is -0.782. The minimum Gasteiger partial charge on any atom is -1.00 e. The summed E-state index contributed by atoms with van der Waals surface area (Å²) >= 11 is 0. The number of anilines is 2. The van der Waals surface area contributed by atoms with E-state index in [1.54, 1.807) is 10.9 Å². The molecule has 1 atom stereocenters. The normalized spacial score (nSPS) is 11.2. The van der Waals surface area contributed by atoms with Crippen molar-refractivity contribution in [3.8, 4) is 0 Å². The molecule has 0 fully saturated rings. The van der Waals surface area contributed by atoms with Crippen LogP contribution in [0.1, 0.15) is 18.5 Å². The van der Waals surface area contributed by atoms with E-state index in [1.165, 1.54) is 5.56 Å². The quantitative estimate of drug-likeness (QED) is 0.649. The van der Waals surface area contributed by atoms with Crippen LogP contribution in [0.4, 0.5) is 16.4 Å². The standard InChI is InChI=1S/C18H18N4O2.ClH/c1-14(12-15-8-4-2-5-9-15)22-13-17(24-21-22)20-18(23)19-16-10-6-3-7-11-16;/h2-11,13-14H,12H2,1H3,(H-,19,20,21,23);1H. The summed E-state index contributed by atoms with van der Waals surface area (Å²) in [6.07, 6.45) is 2.51. The van der Waals surface area contributed by atoms with Crippen LogP contribution in [-0.2, 0) is 6.42 Å². The molecule has 2 aromatic carbocycles. The van der Waals surface area contributed by atoms with E-state index in [-0.39, 0.29) is 24.5 Å². The Bertz CT molecular complexity index is 793. The Morgan fingerprint density at radius 2 is 1.72 bits per heavy atom. The van der Waals surface area contributed by atoms with Gasteiger partial charge in [0.15, 0.2) is 6.04 Å². The van der Waals surface area contributed by atoms with Crippen LogP contribution in [0.5, 0.6) is 0 Å². The number of benzene rings is 2. The Hall–Kier alpha value is -2.86. The molecule has 1 heterocycles. The van der Waals surface area contributed by atoms with Crippen molar-refractivity contribution in [1.82, 2.24) is 5.27 Å². The van der Waals surface area contributed by atoms with Crippen LogP contribution in [0.3, 0.4) is 0 Å². The van der Waals surface area contributed by atoms with E-state index in [0.29, 0.717) is 11.6 Å². The van der Waals surface area contributed by atoms with Crippen LogP contribution >= 0.6 is 0 Å². The number of amides is 2. The van der Waals surface area contributed by atoms with Gasteiger partial charge in [-0.15, -0.1) is 0 Å². The maximum absolute atomic E-state index is 11.9. The van der Waals surface area contributed by atoms with Gasteiger partial charge in [-0.2, -0.15) is 0 Å². The molecule has 0 radical (unpaired) electrons. The number of nitrogens with one attached hydrogen (secondary N) is 2. The van der Waals surface area contributed by atoms with Crippen molar-refractivity contribution >= 4 is 17.6 Å². The summed E-state index contributed by atoms with van der Waals surface area (Å²) < 4.78 is 6.87. The zero-order chi connectivity index (χ0) is 16.8. The van der Waals surface area contributed by atoms with Gasteiger partial charge >= 0.3 is 11.9 Å². The number of nitrogens with zero attached hydrogens (tertiary/aromatic N) is 2. The topological polar surface area (TPSA) is 71.0 Å². The molecular formula is C18H19ClN4O2. The molecule has 3 rings (SSSR count). The fraction of sp³-hybridized carbons (Fsp3) is 0.167. The summed E-state index contributed by atoms with van der Waals surface area (Å²) in [5.74, 6) is 0.295. The Kier molecular flexibility index (Phi) is 6.54. The summed E-state index contributed by atoms with van der Waals surface area (Å²) in [7, 11) is 0. The first-order valence-corrected chi connectivity index (χ1v) is 7.76. The Morgan fingerprint density at radius 1 is 1.08 bits per heavy atom. The Morgan fingerprint density at radius 3 is 2.40 bits per heavy atom. The average molecular weight is 359 g/mol. The molecule has 0 saturated heterocycles. The van der Waals surface area contributed by atoms with E-state index < -0.39 is 0 Å². The lowest BCUT2D eigenvalue weighted by atomic mass is 10.1. The fourth-order valence-corrected chi connectivity index (χ4v) is 2.37. The highest BCUT2D eigenvalue weighted by molar-refractivity contribution is 5.98. The van der Waals surface area contributed by atoms with Crippen molar-refractivity contribution < 1.29 is 26.4 Å². The molecule has 2 N–H and O–H groups in total. The molecule has 0 aliphatic heterocycles. The van der Waals surface area contributed by atoms with Gasteiger partial charge in [0, 0.05) is 19.0 Å². The highest BCUT2D eigenvalue weighted by atomic mass is 35.5. The second-order valence-corrected chi connectivity index (χ2v) is 5.53. The molecule has 130 valence electrons. The number of halogens is 1. The summed E-state index contributed by atoms with van der Waals surface area (Å²) in [6, 6.07) is 19.1. The molecule has 25 heavy (non-hydrogen) atoms. The summed E-state index contributed by atoms with van der Waals surface area (Å²) in [4.78, 5) is 11.9. The van der Waals surface area contributed by atoms with Crippen LogP contribution < -0.4 is 27.7 Å². The lowest BCUT2D eigenvalue weighted by Crippen LogP contribution is -3.00. The number of rotatable bonds is 5. The summed E-state index contributed by atoms with van der Waals surface area (Å²) in [5, 5.41) is 9.32. The highest BCUT2D eigenvalue weighted by Gasteiger charge is 2.20. The summed E-state index contributed by atoms with van der Waals surface area (Å²) in [6.45, 7) is 2.04. The van der Waals surface area contributed by atoms with Gasteiger partial charge in [-0.05, 0) is 22.4 Å². The van der Waals surface area contributed by atoms with Crippen molar-refractivity contribution in [3.63, 3.8) is 0 Å². The van der Waals surface area contributed by atoms with Gasteiger partial charge in [-0.25, -0.2) is 4.79 Å². The molecule has 7 heteroatoms. The number of hydrogen-bond donors (Lipinski definition) is 2. The molecule has 0 spiro atoms. The van der Waals surface area contributed by atoms with Gasteiger partial charge < -0.3 is 17.7 Å². The minimum atomic E-state index is -0.375. The van der Waals surface area contributed by atoms with Crippen LogP contribution in [0.25, 0.3) is 0 Å². The molecule has 0 aliphatic carbocycles. The van der Waals surface area contributed by atoms with E-state index in [2.05, 4.69) is 28.0 Å². The van der Waals surface area contributed by atoms with Crippen LogP contribution in [-0.4, -0.2) is 11.3 Å². The second-order valence-electron chi connectivity index (χ2n) is 5.53. The van der Waals surface area contributed by atoms with Crippen LogP contribution in [0.15, 0.2) is 71.4 Å². The molecule has 0 bridgehead atoms. The third-order valence-corrected chi connectivity index (χ3v) is 3.58. The molecule has 6 nitrogen and oxygen atoms in total. The number of carbonyl (C=O) groups excluding carboxylic acids is 1. The monoisotopic (exact) mass is 358 g/mol. The zero-order valence-electron chi connectivity index (χ0n) is 13.7. The number of hydrogen-bond acceptors (Lipinski definition) is 3. The van der Waals surface area contributed by atoms with Gasteiger partial charge in [0.25, 0.3) is 6.20 Å². The van der Waals surface area contributed by atoms with Crippen molar-refractivity contribution in [2.75, 3.05) is 10.6 Å². The van der Waals surface area contributed by atoms with Gasteiger partial charge in [0.1, 0.15) is 0 Å². The maximum Gasteiger partial charge on any atom is 0.326 e. The average Bonchev–Trinajstić information content (AvgIpc) is 3.05. The Labute approximate surface area is 152 Å². The largest absolute Gasteiger partial charge is 1.00 e. The van der Waals surface area contributed by atoms with Gasteiger partial charge in [-0.3, -0.25) is 9.84 Å². The van der Waals surface area contributed by atoms with Crippen molar-refractivity contribution in [3.05, 3.63) is 72.4 Å². The molecule has 0 aliphatic rings. The van der Waals surface area contributed by atoms with Crippen molar-refractivity contribution in [2.45, 2.75) is 19.4 Å². The van der Waals surface area contributed by atoms with Crippen LogP contribution in [0.2, 0.25) is 0 Å². The van der Waals surface area contributed by atoms with Gasteiger partial charge in [-0.1, -0.05) is 48.5 Å². The van der Waals surface area contributed by atoms with Crippen molar-refractivity contribution in [2.24, 2.45) is 0 Å². The van der Waals surface area contributed by atoms with E-state index in [4.69, 9.17) is 4.52 Å². The Balaban J connectivity index is 0.00000225. The number of para-hydroxylation sites is 1. The first-order chi connectivity index (χ1) is 11.7. The lowest BCUT2D eigenvalue weighted by Gasteiger charge is -2.03. The number of urea groups is 1. The first-order valence-electron chi connectivity index (χ1n) is 7.76. The first kappa shape index (κ1) is 18.5. The summed E-state index contributed by atoms with van der Waals surface area (Å²) in [5.41, 5.74) is 1.93. The van der Waals surface area contributed by atoms with Gasteiger partial charge in [0.05, 0.1) is 0 Å². The fourth-order valence-electron chi connectivity index (χ4n) is 2.37.